The molecule has 0 saturated heterocycles. The summed E-state index contributed by atoms with van der Waals surface area (Å²) in [7, 11) is -4.10. The van der Waals surface area contributed by atoms with Crippen molar-refractivity contribution in [3.63, 3.8) is 0 Å². The van der Waals surface area contributed by atoms with Gasteiger partial charge >= 0.3 is 5.97 Å². The summed E-state index contributed by atoms with van der Waals surface area (Å²) in [6.45, 7) is 1.94. The number of thiophene rings is 1. The molecule has 0 radical (unpaired) electrons. The van der Waals surface area contributed by atoms with E-state index in [0.717, 1.165) is 45.7 Å². The number of carboxylic acid groups (broad SMARTS) is 1. The Labute approximate surface area is 248 Å². The van der Waals surface area contributed by atoms with Crippen LogP contribution < -0.4 is 5.14 Å². The van der Waals surface area contributed by atoms with E-state index in [2.05, 4.69) is 4.98 Å². The second-order valence-electron chi connectivity index (χ2n) is 10.2. The van der Waals surface area contributed by atoms with Gasteiger partial charge in [0.2, 0.25) is 15.2 Å². The van der Waals surface area contributed by atoms with Crippen molar-refractivity contribution in [1.29, 1.82) is 0 Å². The number of aromatic carboxylic acids is 1. The van der Waals surface area contributed by atoms with E-state index >= 15 is 8.78 Å². The molecule has 3 aromatic heterocycles. The largest absolute Gasteiger partial charge is 0.476 e. The van der Waals surface area contributed by atoms with E-state index in [0.29, 0.717) is 39.9 Å². The molecule has 3 N–H and O–H groups in total. The van der Waals surface area contributed by atoms with E-state index in [9.17, 15) is 18.3 Å². The molecule has 0 unspecified atom stereocenters. The van der Waals surface area contributed by atoms with Gasteiger partial charge in [-0.1, -0.05) is 6.07 Å². The number of primary sulfonamides is 1. The second kappa shape index (κ2) is 10.8. The molecule has 13 heteroatoms. The minimum atomic E-state index is -4.10. The van der Waals surface area contributed by atoms with Gasteiger partial charge in [-0.15, -0.1) is 22.7 Å². The van der Waals surface area contributed by atoms with Gasteiger partial charge in [-0.25, -0.2) is 36.8 Å². The first-order chi connectivity index (χ1) is 20.0. The number of hydrogen-bond donors (Lipinski definition) is 2. The van der Waals surface area contributed by atoms with E-state index in [1.54, 1.807) is 16.8 Å². The molecule has 3 heterocycles. The molecule has 0 amide bonds. The maximum atomic E-state index is 15.3. The Hall–Kier alpha value is -3.78. The number of nitrogens with two attached hydrogens (primary N) is 1. The highest BCUT2D eigenvalue weighted by Crippen LogP contribution is 2.40. The Balaban J connectivity index is 1.55. The molecule has 5 aromatic rings. The van der Waals surface area contributed by atoms with Gasteiger partial charge in [-0.05, 0) is 80.1 Å². The van der Waals surface area contributed by atoms with Crippen LogP contribution in [-0.2, 0) is 22.9 Å². The summed E-state index contributed by atoms with van der Waals surface area (Å²) in [4.78, 5) is 17.3. The third kappa shape index (κ3) is 5.64. The third-order valence-electron chi connectivity index (χ3n) is 7.13. The quantitative estimate of drug-likeness (QED) is 0.201. The van der Waals surface area contributed by atoms with Gasteiger partial charge in [0.25, 0.3) is 0 Å². The molecular weight excluding hydrogens is 603 g/mol. The van der Waals surface area contributed by atoms with Gasteiger partial charge in [0.05, 0.1) is 16.3 Å². The lowest BCUT2D eigenvalue weighted by Crippen LogP contribution is -2.13. The minimum Gasteiger partial charge on any atom is -0.476 e. The molecule has 6 rings (SSSR count). The van der Waals surface area contributed by atoms with E-state index < -0.39 is 27.6 Å². The lowest BCUT2D eigenvalue weighted by Gasteiger charge is -2.11. The standard InChI is InChI=1S/C29H24F2N4O4S3/c1-15-2-9-26(41-15)20-12-18(6-8-22(20)30)27-21(11-17-5-7-19(13-23(17)31)42(32,38)39)25(10-16-3-4-16)35(34-27)29-33-24(14-40-29)28(36)37/h2,5-9,12-14,16H,3-4,10-11H2,1H3,(H,36,37)(H2,32,38,39). The van der Waals surface area contributed by atoms with Crippen LogP contribution in [0.2, 0.25) is 0 Å². The molecule has 42 heavy (non-hydrogen) atoms. The third-order valence-corrected chi connectivity index (χ3v) is 9.89. The van der Waals surface area contributed by atoms with Crippen molar-refractivity contribution in [3.05, 3.63) is 92.9 Å². The van der Waals surface area contributed by atoms with Crippen molar-refractivity contribution in [2.75, 3.05) is 0 Å². The van der Waals surface area contributed by atoms with Crippen molar-refractivity contribution in [3.8, 4) is 26.8 Å². The van der Waals surface area contributed by atoms with Gasteiger partial charge in [0.15, 0.2) is 5.69 Å². The summed E-state index contributed by atoms with van der Waals surface area (Å²) in [5, 5.41) is 21.3. The summed E-state index contributed by atoms with van der Waals surface area (Å²) in [5.41, 5.74) is 2.99. The molecule has 0 bridgehead atoms. The van der Waals surface area contributed by atoms with Crippen LogP contribution >= 0.6 is 22.7 Å². The number of thiazole rings is 1. The first kappa shape index (κ1) is 28.3. The Morgan fingerprint density at radius 3 is 2.52 bits per heavy atom. The zero-order valence-corrected chi connectivity index (χ0v) is 24.6. The predicted molar refractivity (Wildman–Crippen MR) is 157 cm³/mol. The smallest absolute Gasteiger partial charge is 0.355 e. The number of sulfonamides is 1. The first-order valence-corrected chi connectivity index (χ1v) is 16.2. The second-order valence-corrected chi connectivity index (χ2v) is 13.9. The molecule has 0 aliphatic heterocycles. The summed E-state index contributed by atoms with van der Waals surface area (Å²) >= 11 is 2.58. The Bertz CT molecular complexity index is 1960. The van der Waals surface area contributed by atoms with Crippen LogP contribution in [0, 0.1) is 24.5 Å². The molecular formula is C29H24F2N4O4S3. The Morgan fingerprint density at radius 1 is 1.12 bits per heavy atom. The fraction of sp³-hybridized carbons (Fsp3) is 0.207. The van der Waals surface area contributed by atoms with E-state index in [1.165, 1.54) is 34.9 Å². The highest BCUT2D eigenvalue weighted by molar-refractivity contribution is 7.89. The molecule has 8 nitrogen and oxygen atoms in total. The molecule has 1 fully saturated rings. The van der Waals surface area contributed by atoms with Gasteiger partial charge in [0.1, 0.15) is 11.6 Å². The van der Waals surface area contributed by atoms with Crippen LogP contribution in [0.5, 0.6) is 0 Å². The molecule has 0 atom stereocenters. The number of carboxylic acids is 1. The molecule has 216 valence electrons. The summed E-state index contributed by atoms with van der Waals surface area (Å²) < 4.78 is 55.5. The number of hydrogen-bond acceptors (Lipinski definition) is 7. The topological polar surface area (TPSA) is 128 Å². The molecule has 1 aliphatic rings. The minimum absolute atomic E-state index is 0.0517. The van der Waals surface area contributed by atoms with Crippen molar-refractivity contribution >= 4 is 38.7 Å². The van der Waals surface area contributed by atoms with Gasteiger partial charge in [-0.3, -0.25) is 0 Å². The zero-order chi connectivity index (χ0) is 29.8. The van der Waals surface area contributed by atoms with Crippen molar-refractivity contribution in [2.24, 2.45) is 11.1 Å². The van der Waals surface area contributed by atoms with Crippen LogP contribution in [0.3, 0.4) is 0 Å². The molecule has 0 spiro atoms. The average molecular weight is 627 g/mol. The lowest BCUT2D eigenvalue weighted by atomic mass is 9.95. The Morgan fingerprint density at radius 2 is 1.90 bits per heavy atom. The van der Waals surface area contributed by atoms with E-state index in [4.69, 9.17) is 10.2 Å². The normalized spacial score (nSPS) is 13.5. The molecule has 2 aromatic carbocycles. The first-order valence-electron chi connectivity index (χ1n) is 13.0. The number of halogens is 2. The summed E-state index contributed by atoms with van der Waals surface area (Å²) in [5.74, 6) is -1.93. The monoisotopic (exact) mass is 626 g/mol. The van der Waals surface area contributed by atoms with Crippen LogP contribution in [0.15, 0.2) is 58.8 Å². The molecule has 1 saturated carbocycles. The predicted octanol–water partition coefficient (Wildman–Crippen LogP) is 6.20. The fourth-order valence-corrected chi connectivity index (χ4v) is 6.99. The lowest BCUT2D eigenvalue weighted by molar-refractivity contribution is 0.0691. The number of rotatable bonds is 9. The number of benzene rings is 2. The van der Waals surface area contributed by atoms with Gasteiger partial charge < -0.3 is 5.11 Å². The van der Waals surface area contributed by atoms with Gasteiger partial charge in [-0.2, -0.15) is 5.10 Å². The van der Waals surface area contributed by atoms with E-state index in [-0.39, 0.29) is 22.6 Å². The average Bonchev–Trinajstić information content (AvgIpc) is 3.28. The maximum Gasteiger partial charge on any atom is 0.355 e. The number of aromatic nitrogens is 3. The van der Waals surface area contributed by atoms with Crippen LogP contribution in [0.1, 0.15) is 45.0 Å². The SMILES string of the molecule is Cc1ccc(-c2cc(-c3nn(-c4nc(C(=O)O)cs4)c(CC4CC4)c3Cc3ccc(S(N)(=O)=O)cc3F)ccc2F)s1. The maximum absolute atomic E-state index is 15.3. The van der Waals surface area contributed by atoms with Crippen molar-refractivity contribution < 1.29 is 27.1 Å². The zero-order valence-electron chi connectivity index (χ0n) is 22.2. The Kier molecular flexibility index (Phi) is 7.29. The van der Waals surface area contributed by atoms with Gasteiger partial charge in [0, 0.05) is 38.2 Å². The van der Waals surface area contributed by atoms with E-state index in [1.807, 2.05) is 19.1 Å². The summed E-state index contributed by atoms with van der Waals surface area (Å²) in [6.07, 6.45) is 2.66. The van der Waals surface area contributed by atoms with Crippen LogP contribution in [0.25, 0.3) is 26.8 Å². The van der Waals surface area contributed by atoms with Crippen molar-refractivity contribution in [2.45, 2.75) is 37.5 Å². The van der Waals surface area contributed by atoms with Crippen LogP contribution in [0.4, 0.5) is 8.78 Å². The number of aryl methyl sites for hydroxylation is 1. The van der Waals surface area contributed by atoms with Crippen molar-refractivity contribution in [1.82, 2.24) is 14.8 Å². The fourth-order valence-electron chi connectivity index (χ4n) is 4.81. The highest BCUT2D eigenvalue weighted by Gasteiger charge is 2.30. The summed E-state index contributed by atoms with van der Waals surface area (Å²) in [6, 6.07) is 12.0. The number of nitrogens with zero attached hydrogens (tertiary/aromatic N) is 3. The van der Waals surface area contributed by atoms with Crippen LogP contribution in [-0.4, -0.2) is 34.3 Å². The highest BCUT2D eigenvalue weighted by atomic mass is 32.2. The number of carbonyl (C=O) groups is 1. The molecule has 1 aliphatic carbocycles.